The van der Waals surface area contributed by atoms with Crippen molar-refractivity contribution in [2.75, 3.05) is 40.9 Å². The van der Waals surface area contributed by atoms with Gasteiger partial charge in [-0.05, 0) is 76.7 Å². The lowest BCUT2D eigenvalue weighted by Crippen LogP contribution is -2.47. The third-order valence-corrected chi connectivity index (χ3v) is 14.7. The summed E-state index contributed by atoms with van der Waals surface area (Å²) in [6.07, 6.45) is 65.3. The molecular weight excluding hydrogens is 928 g/mol. The van der Waals surface area contributed by atoms with E-state index in [4.69, 9.17) is 13.8 Å². The number of ether oxygens (including phenoxy) is 1. The Bertz CT molecular complexity index is 1390. The van der Waals surface area contributed by atoms with Gasteiger partial charge < -0.3 is 28.5 Å². The van der Waals surface area contributed by atoms with Crippen LogP contribution in [-0.2, 0) is 27.9 Å². The van der Waals surface area contributed by atoms with Gasteiger partial charge in [-0.1, -0.05) is 250 Å². The Kier molecular flexibility index (Phi) is 51.9. The summed E-state index contributed by atoms with van der Waals surface area (Å²) in [5.74, 6) is -0.612. The topological polar surface area (TPSA) is 114 Å². The molecule has 9 nitrogen and oxygen atoms in total. The van der Waals surface area contributed by atoms with Crippen molar-refractivity contribution in [2.24, 2.45) is 0 Å². The molecule has 0 aromatic heterocycles. The number of likely N-dealkylation sites (N-methyl/N-ethyl adjacent to an activating group) is 1. The summed E-state index contributed by atoms with van der Waals surface area (Å²) < 4.78 is 30.2. The van der Waals surface area contributed by atoms with E-state index >= 15 is 0 Å². The summed E-state index contributed by atoms with van der Waals surface area (Å²) in [5, 5.41) is 2.99. The molecule has 0 spiro atoms. The van der Waals surface area contributed by atoms with E-state index in [0.717, 1.165) is 51.4 Å². The number of hydrogen-bond donors (Lipinski definition) is 1. The molecule has 0 heterocycles. The van der Waals surface area contributed by atoms with Crippen LogP contribution in [0.5, 0.6) is 0 Å². The van der Waals surface area contributed by atoms with Crippen molar-refractivity contribution in [3.05, 3.63) is 48.6 Å². The van der Waals surface area contributed by atoms with E-state index in [-0.39, 0.29) is 31.3 Å². The fourth-order valence-electron chi connectivity index (χ4n) is 8.92. The van der Waals surface area contributed by atoms with E-state index in [9.17, 15) is 19.0 Å². The van der Waals surface area contributed by atoms with Crippen LogP contribution in [0.15, 0.2) is 48.6 Å². The van der Waals surface area contributed by atoms with Gasteiger partial charge in [-0.25, -0.2) is 0 Å². The number of carbonyl (C=O) groups is 2. The lowest BCUT2D eigenvalue weighted by molar-refractivity contribution is -0.870. The zero-order valence-electron chi connectivity index (χ0n) is 48.8. The van der Waals surface area contributed by atoms with Crippen LogP contribution in [0.3, 0.4) is 0 Å². The number of quaternary nitrogens is 1. The Balaban J connectivity index is 5.27. The summed E-state index contributed by atoms with van der Waals surface area (Å²) in [6, 6.07) is -0.917. The number of hydrogen-bond acceptors (Lipinski definition) is 7. The van der Waals surface area contributed by atoms with Crippen LogP contribution in [0.4, 0.5) is 0 Å². The van der Waals surface area contributed by atoms with Crippen LogP contribution in [0.2, 0.25) is 0 Å². The van der Waals surface area contributed by atoms with Gasteiger partial charge in [0.25, 0.3) is 7.82 Å². The van der Waals surface area contributed by atoms with E-state index in [1.165, 1.54) is 199 Å². The molecule has 0 rings (SSSR count). The molecule has 3 unspecified atom stereocenters. The van der Waals surface area contributed by atoms with Gasteiger partial charge in [0, 0.05) is 12.8 Å². The lowest BCUT2D eigenvalue weighted by Gasteiger charge is -2.30. The molecule has 0 saturated carbocycles. The van der Waals surface area contributed by atoms with Gasteiger partial charge in [-0.15, -0.1) is 0 Å². The van der Waals surface area contributed by atoms with Crippen LogP contribution in [-0.4, -0.2) is 69.4 Å². The number of amides is 1. The number of nitrogens with one attached hydrogen (secondary N) is 1. The van der Waals surface area contributed by atoms with Crippen molar-refractivity contribution < 1.29 is 37.3 Å². The molecule has 0 fully saturated rings. The average Bonchev–Trinajstić information content (AvgIpc) is 3.35. The molecule has 0 aliphatic rings. The highest BCUT2D eigenvalue weighted by Crippen LogP contribution is 2.38. The van der Waals surface area contributed by atoms with Gasteiger partial charge in [-0.2, -0.15) is 0 Å². The molecular formula is C63H119N2O7P. The van der Waals surface area contributed by atoms with E-state index in [0.29, 0.717) is 17.4 Å². The first kappa shape index (κ1) is 71.0. The lowest BCUT2D eigenvalue weighted by atomic mass is 10.0. The monoisotopic (exact) mass is 1050 g/mol. The van der Waals surface area contributed by atoms with Crippen molar-refractivity contribution in [3.8, 4) is 0 Å². The van der Waals surface area contributed by atoms with Crippen molar-refractivity contribution in [1.29, 1.82) is 0 Å². The first-order chi connectivity index (χ1) is 35.4. The maximum absolute atomic E-state index is 13.5. The Morgan fingerprint density at radius 2 is 0.849 bits per heavy atom. The molecule has 0 saturated heterocycles. The second-order valence-corrected chi connectivity index (χ2v) is 23.6. The predicted molar refractivity (Wildman–Crippen MR) is 312 cm³/mol. The van der Waals surface area contributed by atoms with E-state index in [1.54, 1.807) is 0 Å². The highest BCUT2D eigenvalue weighted by Gasteiger charge is 2.27. The van der Waals surface area contributed by atoms with Crippen molar-refractivity contribution in [3.63, 3.8) is 0 Å². The number of unbranched alkanes of at least 4 members (excludes halogenated alkanes) is 34. The molecule has 0 radical (unpaired) electrons. The predicted octanol–water partition coefficient (Wildman–Crippen LogP) is 18.3. The first-order valence-corrected chi connectivity index (χ1v) is 32.4. The molecule has 0 bridgehead atoms. The molecule has 0 aliphatic carbocycles. The molecule has 73 heavy (non-hydrogen) atoms. The zero-order chi connectivity index (χ0) is 53.6. The van der Waals surface area contributed by atoms with Gasteiger partial charge >= 0.3 is 5.97 Å². The summed E-state index contributed by atoms with van der Waals surface area (Å²) in [7, 11) is 1.16. The second-order valence-electron chi connectivity index (χ2n) is 22.2. The molecule has 1 N–H and O–H groups in total. The summed E-state index contributed by atoms with van der Waals surface area (Å²) in [4.78, 5) is 39.9. The number of allylic oxidation sites excluding steroid dienone is 7. The maximum atomic E-state index is 13.5. The van der Waals surface area contributed by atoms with E-state index in [1.807, 2.05) is 39.4 Å². The number of phosphoric acid groups is 1. The minimum Gasteiger partial charge on any atom is -0.756 e. The summed E-state index contributed by atoms with van der Waals surface area (Å²) in [5.41, 5.74) is 0. The molecule has 0 aromatic carbocycles. The van der Waals surface area contributed by atoms with Crippen LogP contribution < -0.4 is 10.2 Å². The molecule has 3 atom stereocenters. The fraction of sp³-hybridized carbons (Fsp3) is 0.841. The number of phosphoric ester groups is 1. The normalized spacial score (nSPS) is 14.0. The van der Waals surface area contributed by atoms with Crippen molar-refractivity contribution in [2.45, 2.75) is 303 Å². The van der Waals surface area contributed by atoms with E-state index in [2.05, 4.69) is 56.5 Å². The highest BCUT2D eigenvalue weighted by atomic mass is 31.2. The quantitative estimate of drug-likeness (QED) is 0.0212. The number of esters is 1. The Labute approximate surface area is 452 Å². The third-order valence-electron chi connectivity index (χ3n) is 13.7. The van der Waals surface area contributed by atoms with Gasteiger partial charge in [0.05, 0.1) is 33.8 Å². The fourth-order valence-corrected chi connectivity index (χ4v) is 9.64. The zero-order valence-corrected chi connectivity index (χ0v) is 49.7. The summed E-state index contributed by atoms with van der Waals surface area (Å²) >= 11 is 0. The van der Waals surface area contributed by atoms with Crippen molar-refractivity contribution in [1.82, 2.24) is 5.32 Å². The SMILES string of the molecule is CCCCCCCC/C=C\C/C=C/CCC(=O)NC(COP(=O)([O-])OCC[N+](C)(C)C)C(/C=C\CCCCCCCCCCCCC)OC(=O)CCCCCCCCCCCCC/C=C/CCCCCCCC. The van der Waals surface area contributed by atoms with Crippen LogP contribution >= 0.6 is 7.82 Å². The highest BCUT2D eigenvalue weighted by molar-refractivity contribution is 7.45. The Hall–Kier alpha value is -2.03. The minimum atomic E-state index is -4.71. The Morgan fingerprint density at radius 1 is 0.479 bits per heavy atom. The largest absolute Gasteiger partial charge is 0.756 e. The average molecular weight is 1050 g/mol. The maximum Gasteiger partial charge on any atom is 0.306 e. The third kappa shape index (κ3) is 54.6. The van der Waals surface area contributed by atoms with Crippen molar-refractivity contribution >= 4 is 19.7 Å². The standard InChI is InChI=1S/C63H119N2O7P/c1-7-10-13-16-19-22-25-28-29-30-31-32-33-34-35-38-41-44-47-50-53-56-63(67)72-61(54-51-48-45-42-39-36-26-23-20-17-14-11-8-2)60(59-71-73(68,69)70-58-57-65(4,5)6)64-62(66)55-52-49-46-43-40-37-27-24-21-18-15-12-9-3/h28-29,37,40,46,49,51,54,60-61H,7-27,30-36,38-39,41-45,47-48,50,52-53,55-59H2,1-6H3,(H-,64,66,68,69)/b29-28+,40-37-,49-46+,54-51-. The molecule has 428 valence electrons. The molecule has 10 heteroatoms. The van der Waals surface area contributed by atoms with Gasteiger partial charge in [0.15, 0.2) is 0 Å². The number of rotatable bonds is 56. The Morgan fingerprint density at radius 3 is 1.27 bits per heavy atom. The molecule has 0 aliphatic heterocycles. The van der Waals surface area contributed by atoms with Gasteiger partial charge in [-0.3, -0.25) is 14.2 Å². The minimum absolute atomic E-state index is 0.0309. The number of carbonyl (C=O) groups excluding carboxylic acids is 2. The number of nitrogens with zero attached hydrogens (tertiary/aromatic N) is 1. The first-order valence-electron chi connectivity index (χ1n) is 30.9. The van der Waals surface area contributed by atoms with E-state index < -0.39 is 26.6 Å². The molecule has 1 amide bonds. The van der Waals surface area contributed by atoms with Crippen LogP contribution in [0.25, 0.3) is 0 Å². The van der Waals surface area contributed by atoms with Crippen LogP contribution in [0, 0.1) is 0 Å². The van der Waals surface area contributed by atoms with Gasteiger partial charge in [0.2, 0.25) is 5.91 Å². The second kappa shape index (κ2) is 53.4. The van der Waals surface area contributed by atoms with Crippen LogP contribution in [0.1, 0.15) is 290 Å². The molecule has 0 aromatic rings. The van der Waals surface area contributed by atoms with Gasteiger partial charge in [0.1, 0.15) is 19.3 Å². The summed E-state index contributed by atoms with van der Waals surface area (Å²) in [6.45, 7) is 6.81. The smallest absolute Gasteiger partial charge is 0.306 e.